The topological polar surface area (TPSA) is 188 Å². The molecule has 0 aromatic rings. The summed E-state index contributed by atoms with van der Waals surface area (Å²) >= 11 is 0. The monoisotopic (exact) mass is 658 g/mol. The van der Waals surface area contributed by atoms with Crippen LogP contribution < -0.4 is 5.32 Å². The van der Waals surface area contributed by atoms with E-state index in [9.17, 15) is 44.1 Å². The van der Waals surface area contributed by atoms with Gasteiger partial charge in [-0.1, -0.05) is 33.3 Å². The normalized spacial score (nSPS) is 36.9. The summed E-state index contributed by atoms with van der Waals surface area (Å²) in [6, 6.07) is -1.88. The summed E-state index contributed by atoms with van der Waals surface area (Å²) in [6.07, 6.45) is 4.97. The van der Waals surface area contributed by atoms with Crippen molar-refractivity contribution in [3.05, 3.63) is 11.6 Å². The second kappa shape index (κ2) is 13.1. The fraction of sp³-hybridized carbons (Fsp3) is 0.771. The molecule has 12 nitrogen and oxygen atoms in total. The molecule has 9 atom stereocenters. The van der Waals surface area contributed by atoms with E-state index < -0.39 is 65.3 Å². The Morgan fingerprint density at radius 1 is 1.06 bits per heavy atom. The number of amides is 2. The molecule has 1 saturated heterocycles. The average Bonchev–Trinajstić information content (AvgIpc) is 3.61. The average molecular weight is 659 g/mol. The molecule has 0 aromatic carbocycles. The van der Waals surface area contributed by atoms with Crippen molar-refractivity contribution in [1.82, 2.24) is 10.2 Å². The number of carbonyl (C=O) groups excluding carboxylic acids is 5. The van der Waals surface area contributed by atoms with E-state index in [-0.39, 0.29) is 60.6 Å². The number of likely N-dealkylation sites (tertiary alicyclic amines) is 1. The van der Waals surface area contributed by atoms with E-state index >= 15 is 0 Å². The molecule has 47 heavy (non-hydrogen) atoms. The zero-order valence-electron chi connectivity index (χ0n) is 28.0. The number of nitrogens with one attached hydrogen (secondary N) is 1. The first-order valence-corrected chi connectivity index (χ1v) is 17.2. The van der Waals surface area contributed by atoms with Gasteiger partial charge in [-0.25, -0.2) is 4.79 Å². The minimum Gasteiger partial charge on any atom is -0.480 e. The predicted molar refractivity (Wildman–Crippen MR) is 167 cm³/mol. The lowest BCUT2D eigenvalue weighted by atomic mass is 9.45. The first-order chi connectivity index (χ1) is 22.0. The lowest BCUT2D eigenvalue weighted by Crippen LogP contribution is -2.62. The van der Waals surface area contributed by atoms with Crippen molar-refractivity contribution >= 4 is 35.3 Å². The van der Waals surface area contributed by atoms with Crippen molar-refractivity contribution in [2.24, 2.45) is 34.5 Å². The van der Waals surface area contributed by atoms with Crippen LogP contribution in [0.5, 0.6) is 0 Å². The van der Waals surface area contributed by atoms with Crippen LogP contribution in [0.15, 0.2) is 11.6 Å². The lowest BCUT2D eigenvalue weighted by molar-refractivity contribution is -0.184. The molecule has 1 aliphatic heterocycles. The van der Waals surface area contributed by atoms with E-state index in [0.29, 0.717) is 38.6 Å². The third-order valence-corrected chi connectivity index (χ3v) is 12.5. The van der Waals surface area contributed by atoms with Crippen molar-refractivity contribution in [2.45, 2.75) is 122 Å². The Morgan fingerprint density at radius 3 is 2.47 bits per heavy atom. The van der Waals surface area contributed by atoms with Crippen LogP contribution in [0.4, 0.5) is 0 Å². The highest BCUT2D eigenvalue weighted by molar-refractivity contribution is 5.93. The number of aliphatic hydroxyl groups excluding tert-OH is 1. The summed E-state index contributed by atoms with van der Waals surface area (Å²) in [5, 5.41) is 35.5. The number of Topliss-reactive ketones (excluding diaryl/α,β-unsaturated/α-hetero) is 1. The van der Waals surface area contributed by atoms with Crippen LogP contribution >= 0.6 is 0 Å². The molecule has 0 unspecified atom stereocenters. The highest BCUT2D eigenvalue weighted by Crippen LogP contribution is 2.67. The standard InChI is InChI=1S/C35H50N2O10/c1-19(2)30(31(43)37-15-5-6-24(37)32(44)45)36-27(41)9-10-28(42)47-18-26(40)35(46)14-12-23-22-8-7-20-16-21(38)11-13-33(20,3)29(22)25(39)17-34(23,35)4/h16,19,22-25,29-30,39,46H,5-15,17-18H2,1-4H3,(H,36,41)(H,44,45)/t22-,23+,24-,25+,29+,30+,33+,34+,35+/m1/s1. The van der Waals surface area contributed by atoms with Gasteiger partial charge in [-0.2, -0.15) is 0 Å². The van der Waals surface area contributed by atoms with Gasteiger partial charge in [-0.05, 0) is 86.5 Å². The summed E-state index contributed by atoms with van der Waals surface area (Å²) in [5.41, 5.74) is -1.88. The van der Waals surface area contributed by atoms with Gasteiger partial charge in [0.05, 0.1) is 12.5 Å². The number of carboxylic acids is 1. The highest BCUT2D eigenvalue weighted by Gasteiger charge is 2.68. The molecule has 0 bridgehead atoms. The van der Waals surface area contributed by atoms with Crippen LogP contribution in [0.2, 0.25) is 0 Å². The third kappa shape index (κ3) is 6.16. The lowest BCUT2D eigenvalue weighted by Gasteiger charge is -2.60. The largest absolute Gasteiger partial charge is 0.480 e. The molecule has 4 aliphatic carbocycles. The molecular formula is C35H50N2O10. The number of fused-ring (bicyclic) bond motifs is 5. The van der Waals surface area contributed by atoms with Crippen LogP contribution in [0.25, 0.3) is 0 Å². The fourth-order valence-electron chi connectivity index (χ4n) is 9.93. The first kappa shape index (κ1) is 35.2. The highest BCUT2D eigenvalue weighted by atomic mass is 16.5. The van der Waals surface area contributed by atoms with Gasteiger partial charge in [-0.3, -0.25) is 24.0 Å². The minimum atomic E-state index is -1.78. The van der Waals surface area contributed by atoms with Crippen LogP contribution in [0.3, 0.4) is 0 Å². The third-order valence-electron chi connectivity index (χ3n) is 12.5. The molecule has 260 valence electrons. The van der Waals surface area contributed by atoms with Crippen molar-refractivity contribution < 1.29 is 48.8 Å². The van der Waals surface area contributed by atoms with Crippen LogP contribution in [-0.4, -0.2) is 92.5 Å². The molecule has 4 fully saturated rings. The van der Waals surface area contributed by atoms with Gasteiger partial charge < -0.3 is 30.3 Å². The van der Waals surface area contributed by atoms with E-state index in [1.165, 1.54) is 4.90 Å². The smallest absolute Gasteiger partial charge is 0.326 e. The van der Waals surface area contributed by atoms with Crippen molar-refractivity contribution in [2.75, 3.05) is 13.2 Å². The van der Waals surface area contributed by atoms with Gasteiger partial charge in [0.1, 0.15) is 17.7 Å². The van der Waals surface area contributed by atoms with Gasteiger partial charge in [0.2, 0.25) is 17.6 Å². The van der Waals surface area contributed by atoms with Crippen molar-refractivity contribution in [3.8, 4) is 0 Å². The number of carboxylic acid groups (broad SMARTS) is 1. The van der Waals surface area contributed by atoms with Gasteiger partial charge in [-0.15, -0.1) is 0 Å². The first-order valence-electron chi connectivity index (χ1n) is 17.2. The maximum Gasteiger partial charge on any atom is 0.326 e. The van der Waals surface area contributed by atoms with E-state index in [1.54, 1.807) is 19.9 Å². The second-order valence-electron chi connectivity index (χ2n) is 15.4. The van der Waals surface area contributed by atoms with Gasteiger partial charge in [0.15, 0.2) is 12.4 Å². The SMILES string of the molecule is CC(C)[C@H](NC(=O)CCC(=O)OCC(=O)[C@@]1(O)CC[C@H]2[C@H]3CCC4=CC(=O)CC[C@]4(C)[C@@H]3[C@@H](O)C[C@@]21C)C(=O)N1CCC[C@@H]1C(=O)O. The molecule has 3 saturated carbocycles. The number of ether oxygens (including phenoxy) is 1. The quantitative estimate of drug-likeness (QED) is 0.254. The van der Waals surface area contributed by atoms with E-state index in [4.69, 9.17) is 4.74 Å². The second-order valence-corrected chi connectivity index (χ2v) is 15.4. The molecular weight excluding hydrogens is 608 g/mol. The molecule has 5 rings (SSSR count). The summed E-state index contributed by atoms with van der Waals surface area (Å²) in [7, 11) is 0. The van der Waals surface area contributed by atoms with Crippen LogP contribution in [-0.2, 0) is 33.5 Å². The number of nitrogens with zero attached hydrogens (tertiary/aromatic N) is 1. The Kier molecular flexibility index (Phi) is 9.78. The number of carbonyl (C=O) groups is 6. The number of aliphatic carboxylic acids is 1. The maximum absolute atomic E-state index is 13.5. The molecule has 5 aliphatic rings. The van der Waals surface area contributed by atoms with Gasteiger partial charge in [0.25, 0.3) is 0 Å². The number of esters is 1. The Bertz CT molecular complexity index is 1360. The number of allylic oxidation sites excluding steroid dienone is 1. The number of hydrogen-bond donors (Lipinski definition) is 4. The van der Waals surface area contributed by atoms with E-state index in [2.05, 4.69) is 12.2 Å². The number of aliphatic hydroxyl groups is 2. The summed E-state index contributed by atoms with van der Waals surface area (Å²) in [5.74, 6) is -3.75. The molecule has 2 amide bonds. The van der Waals surface area contributed by atoms with Crippen molar-refractivity contribution in [3.63, 3.8) is 0 Å². The zero-order valence-corrected chi connectivity index (χ0v) is 28.0. The molecule has 4 N–H and O–H groups in total. The Balaban J connectivity index is 1.15. The summed E-state index contributed by atoms with van der Waals surface area (Å²) in [4.78, 5) is 76.9. The number of hydrogen-bond acceptors (Lipinski definition) is 9. The zero-order chi connectivity index (χ0) is 34.5. The Morgan fingerprint density at radius 2 is 1.79 bits per heavy atom. The molecule has 1 heterocycles. The molecule has 0 spiro atoms. The molecule has 12 heteroatoms. The predicted octanol–water partition coefficient (Wildman–Crippen LogP) is 2.33. The van der Waals surface area contributed by atoms with E-state index in [1.807, 2.05) is 6.92 Å². The summed E-state index contributed by atoms with van der Waals surface area (Å²) < 4.78 is 5.24. The fourth-order valence-corrected chi connectivity index (χ4v) is 9.93. The van der Waals surface area contributed by atoms with Crippen LogP contribution in [0, 0.1) is 34.5 Å². The molecule has 0 radical (unpaired) electrons. The van der Waals surface area contributed by atoms with E-state index in [0.717, 1.165) is 18.4 Å². The maximum atomic E-state index is 13.5. The Labute approximate surface area is 275 Å². The molecule has 0 aromatic heterocycles. The number of ketones is 2. The summed E-state index contributed by atoms with van der Waals surface area (Å²) in [6.45, 7) is 7.11. The van der Waals surface area contributed by atoms with Crippen molar-refractivity contribution in [1.29, 1.82) is 0 Å². The van der Waals surface area contributed by atoms with Gasteiger partial charge in [0, 0.05) is 24.8 Å². The van der Waals surface area contributed by atoms with Crippen LogP contribution in [0.1, 0.15) is 98.3 Å². The Hall–Kier alpha value is -3.12. The minimum absolute atomic E-state index is 0.0109. The van der Waals surface area contributed by atoms with Gasteiger partial charge >= 0.3 is 11.9 Å². The number of rotatable bonds is 10.